The zero-order chi connectivity index (χ0) is 67.0. The molecule has 3 atom stereocenters. The Bertz CT molecular complexity index is 1990. The van der Waals surface area contributed by atoms with Crippen molar-refractivity contribution in [2.75, 3.05) is 40.9 Å². The summed E-state index contributed by atoms with van der Waals surface area (Å²) >= 11 is 0. The highest BCUT2D eigenvalue weighted by Gasteiger charge is 2.27. The first-order valence-corrected chi connectivity index (χ1v) is 39.8. The molecule has 1 amide bonds. The van der Waals surface area contributed by atoms with Crippen LogP contribution in [0.2, 0.25) is 0 Å². The van der Waals surface area contributed by atoms with Gasteiger partial charge in [0, 0.05) is 12.8 Å². The van der Waals surface area contributed by atoms with Crippen LogP contribution in [0.4, 0.5) is 0 Å². The van der Waals surface area contributed by atoms with Crippen LogP contribution in [-0.2, 0) is 27.9 Å². The number of nitrogens with one attached hydrogen (secondary N) is 1. The lowest BCUT2D eigenvalue weighted by Gasteiger charge is -2.30. The lowest BCUT2D eigenvalue weighted by atomic mass is 10.0. The highest BCUT2D eigenvalue weighted by molar-refractivity contribution is 7.45. The molecule has 92 heavy (non-hydrogen) atoms. The first kappa shape index (κ1) is 88.4. The Balaban J connectivity index is 4.99. The first-order valence-electron chi connectivity index (χ1n) is 38.3. The fraction of sp³-hybridized carbons (Fsp3) is 0.732. The van der Waals surface area contributed by atoms with Gasteiger partial charge < -0.3 is 28.5 Å². The van der Waals surface area contributed by atoms with Gasteiger partial charge in [-0.05, 0) is 122 Å². The standard InChI is InChI=1S/C82H145N2O7P/c1-7-10-13-16-19-22-25-28-30-32-34-36-38-40-42-44-46-48-50-52-54-56-59-62-65-68-71-74-81(85)83-79(78-90-92(87,88)89-77-76-84(4,5)6)80(73-70-67-64-61-58-27-24-21-18-15-12-9-3)91-82(86)75-72-69-66-63-60-57-55-53-51-49-47-45-43-41-39-37-35-33-31-29-26-23-20-17-14-11-8-2/h10,13,19-20,22-23,28-31,34-37,40-43,70,73,79-80H,7-9,11-12,14-18,21,24-27,32-33,38-39,44-69,71-72,74-78H2,1-6H3,(H-,83,85,87,88)/b13-10-,22-19-,23-20-,30-28-,31-29-,36-34-,37-35-,42-40-,43-41-,73-70+. The van der Waals surface area contributed by atoms with Crippen LogP contribution in [-0.4, -0.2) is 69.4 Å². The maximum Gasteiger partial charge on any atom is 0.306 e. The molecule has 0 aromatic rings. The number of ether oxygens (including phenoxy) is 1. The van der Waals surface area contributed by atoms with Crippen molar-refractivity contribution in [1.82, 2.24) is 5.32 Å². The van der Waals surface area contributed by atoms with Crippen LogP contribution in [0.1, 0.15) is 335 Å². The number of phosphoric acid groups is 1. The van der Waals surface area contributed by atoms with Gasteiger partial charge in [0.05, 0.1) is 33.8 Å². The minimum atomic E-state index is -4.72. The average molecular weight is 1300 g/mol. The van der Waals surface area contributed by atoms with Crippen LogP contribution < -0.4 is 10.2 Å². The van der Waals surface area contributed by atoms with Crippen LogP contribution in [0.25, 0.3) is 0 Å². The second-order valence-electron chi connectivity index (χ2n) is 26.8. The van der Waals surface area contributed by atoms with Crippen LogP contribution in [0.15, 0.2) is 122 Å². The van der Waals surface area contributed by atoms with Crippen LogP contribution in [0.3, 0.4) is 0 Å². The fourth-order valence-electron chi connectivity index (χ4n) is 10.8. The third kappa shape index (κ3) is 70.7. The number of allylic oxidation sites excluding steroid dienone is 19. The Morgan fingerprint density at radius 3 is 1.07 bits per heavy atom. The van der Waals surface area contributed by atoms with E-state index in [0.717, 1.165) is 128 Å². The van der Waals surface area contributed by atoms with Gasteiger partial charge in [-0.3, -0.25) is 14.2 Å². The van der Waals surface area contributed by atoms with E-state index in [1.807, 2.05) is 33.3 Å². The molecule has 0 aliphatic heterocycles. The average Bonchev–Trinajstić information content (AvgIpc) is 3.69. The minimum Gasteiger partial charge on any atom is -0.756 e. The van der Waals surface area contributed by atoms with Crippen molar-refractivity contribution in [2.24, 2.45) is 0 Å². The summed E-state index contributed by atoms with van der Waals surface area (Å²) in [5.41, 5.74) is 0. The molecule has 0 heterocycles. The summed E-state index contributed by atoms with van der Waals surface area (Å²) in [6.45, 7) is 6.72. The van der Waals surface area contributed by atoms with Gasteiger partial charge in [0.25, 0.3) is 7.82 Å². The number of hydrogen-bond donors (Lipinski definition) is 1. The first-order chi connectivity index (χ1) is 44.9. The molecule has 0 aliphatic carbocycles. The second kappa shape index (κ2) is 70.2. The predicted octanol–water partition coefficient (Wildman–Crippen LogP) is 24.3. The molecule has 0 rings (SSSR count). The van der Waals surface area contributed by atoms with Crippen molar-refractivity contribution in [2.45, 2.75) is 348 Å². The Morgan fingerprint density at radius 2 is 0.696 bits per heavy atom. The van der Waals surface area contributed by atoms with Crippen molar-refractivity contribution >= 4 is 19.7 Å². The van der Waals surface area contributed by atoms with Crippen LogP contribution >= 0.6 is 7.82 Å². The van der Waals surface area contributed by atoms with E-state index in [-0.39, 0.29) is 24.9 Å². The summed E-state index contributed by atoms with van der Waals surface area (Å²) in [6.07, 6.45) is 99.0. The number of carbonyl (C=O) groups is 2. The molecule has 0 bridgehead atoms. The number of unbranched alkanes of at least 4 members (excludes halogenated alkanes) is 35. The molecule has 10 heteroatoms. The molecule has 0 aromatic heterocycles. The Hall–Kier alpha value is -3.59. The number of nitrogens with zero attached hydrogens (tertiary/aromatic N) is 1. The van der Waals surface area contributed by atoms with Crippen LogP contribution in [0, 0.1) is 0 Å². The third-order valence-corrected chi connectivity index (χ3v) is 17.6. The van der Waals surface area contributed by atoms with E-state index < -0.39 is 26.6 Å². The number of hydrogen-bond acceptors (Lipinski definition) is 7. The largest absolute Gasteiger partial charge is 0.756 e. The van der Waals surface area contributed by atoms with Gasteiger partial charge in [-0.15, -0.1) is 0 Å². The molecule has 0 radical (unpaired) electrons. The number of carbonyl (C=O) groups excluding carboxylic acids is 2. The fourth-order valence-corrected chi connectivity index (χ4v) is 11.5. The normalized spacial score (nSPS) is 14.1. The monoisotopic (exact) mass is 1300 g/mol. The van der Waals surface area contributed by atoms with Gasteiger partial charge in [-0.25, -0.2) is 0 Å². The lowest BCUT2D eigenvalue weighted by molar-refractivity contribution is -0.870. The molecular weight excluding hydrogens is 1160 g/mol. The predicted molar refractivity (Wildman–Crippen MR) is 399 cm³/mol. The zero-order valence-electron chi connectivity index (χ0n) is 60.7. The maximum absolute atomic E-state index is 13.6. The SMILES string of the molecule is CC/C=C\C/C=C\C/C=C\C/C=C\C/C=C\CCCCCCCCCCCCCC(=O)NC(COP(=O)([O-])OCC[N+](C)(C)C)C(/C=C/CCCCCCCCCCCC)OC(=O)CCCCCCCCCCCCC/C=C\C/C=C\C/C=C\C/C=C\CCCCC. The van der Waals surface area contributed by atoms with E-state index in [1.54, 1.807) is 0 Å². The van der Waals surface area contributed by atoms with E-state index in [4.69, 9.17) is 13.8 Å². The molecule has 0 fully saturated rings. The molecule has 0 aliphatic rings. The summed E-state index contributed by atoms with van der Waals surface area (Å²) in [4.78, 5) is 40.3. The third-order valence-electron chi connectivity index (χ3n) is 16.6. The number of phosphoric ester groups is 1. The van der Waals surface area contributed by atoms with Crippen molar-refractivity contribution in [1.29, 1.82) is 0 Å². The number of esters is 1. The minimum absolute atomic E-state index is 0.0280. The van der Waals surface area contributed by atoms with Gasteiger partial charge in [-0.1, -0.05) is 322 Å². The summed E-state index contributed by atoms with van der Waals surface area (Å²) in [5, 5.41) is 3.05. The van der Waals surface area contributed by atoms with Crippen molar-refractivity contribution in [3.8, 4) is 0 Å². The molecule has 530 valence electrons. The van der Waals surface area contributed by atoms with Gasteiger partial charge in [0.2, 0.25) is 5.91 Å². The second-order valence-corrected chi connectivity index (χ2v) is 28.2. The number of rotatable bonds is 69. The quantitative estimate of drug-likeness (QED) is 0.0212. The highest BCUT2D eigenvalue weighted by atomic mass is 31.2. The van der Waals surface area contributed by atoms with E-state index in [0.29, 0.717) is 17.4 Å². The molecule has 3 unspecified atom stereocenters. The van der Waals surface area contributed by atoms with Gasteiger partial charge in [0.1, 0.15) is 19.3 Å². The van der Waals surface area contributed by atoms with E-state index >= 15 is 0 Å². The van der Waals surface area contributed by atoms with Crippen LogP contribution in [0.5, 0.6) is 0 Å². The molecule has 0 saturated carbocycles. The zero-order valence-corrected chi connectivity index (χ0v) is 61.6. The number of likely N-dealkylation sites (N-methyl/N-ethyl adjacent to an activating group) is 1. The molecule has 0 saturated heterocycles. The molecule has 9 nitrogen and oxygen atoms in total. The van der Waals surface area contributed by atoms with Crippen molar-refractivity contribution in [3.05, 3.63) is 122 Å². The van der Waals surface area contributed by atoms with Gasteiger partial charge in [0.15, 0.2) is 0 Å². The summed E-state index contributed by atoms with van der Waals surface area (Å²) in [6, 6.07) is -0.900. The number of amides is 1. The topological polar surface area (TPSA) is 114 Å². The Morgan fingerprint density at radius 1 is 0.391 bits per heavy atom. The molecule has 0 spiro atoms. The Kier molecular flexibility index (Phi) is 67.5. The smallest absolute Gasteiger partial charge is 0.306 e. The van der Waals surface area contributed by atoms with Gasteiger partial charge in [-0.2, -0.15) is 0 Å². The van der Waals surface area contributed by atoms with Crippen molar-refractivity contribution in [3.63, 3.8) is 0 Å². The lowest BCUT2D eigenvalue weighted by Crippen LogP contribution is -2.47. The number of quaternary nitrogens is 1. The van der Waals surface area contributed by atoms with Gasteiger partial charge >= 0.3 is 5.97 Å². The van der Waals surface area contributed by atoms with E-state index in [2.05, 4.69) is 135 Å². The molecule has 0 aromatic carbocycles. The highest BCUT2D eigenvalue weighted by Crippen LogP contribution is 2.38. The summed E-state index contributed by atoms with van der Waals surface area (Å²) in [5.74, 6) is -0.545. The van der Waals surface area contributed by atoms with E-state index in [9.17, 15) is 19.0 Å². The Labute approximate surface area is 569 Å². The van der Waals surface area contributed by atoms with Crippen molar-refractivity contribution < 1.29 is 37.3 Å². The summed E-state index contributed by atoms with van der Waals surface area (Å²) < 4.78 is 30.5. The molecular formula is C82H145N2O7P. The maximum atomic E-state index is 13.6. The summed E-state index contributed by atoms with van der Waals surface area (Å²) in [7, 11) is 1.18. The van der Waals surface area contributed by atoms with E-state index in [1.165, 1.54) is 173 Å². The molecule has 1 N–H and O–H groups in total.